The number of hydrazone groups is 1. The molecule has 0 saturated carbocycles. The van der Waals surface area contributed by atoms with E-state index < -0.39 is 37.2 Å². The lowest BCUT2D eigenvalue weighted by Gasteiger charge is -2.20. The van der Waals surface area contributed by atoms with Crippen molar-refractivity contribution in [3.8, 4) is 0 Å². The molecule has 1 N–H and O–H groups in total. The molecule has 2 aromatic carbocycles. The van der Waals surface area contributed by atoms with Gasteiger partial charge in [-0.15, -0.1) is 0 Å². The predicted molar refractivity (Wildman–Crippen MR) is 102 cm³/mol. The highest BCUT2D eigenvalue weighted by Gasteiger charge is 2.35. The minimum Gasteiger partial charge on any atom is -0.455 e. The minimum atomic E-state index is -4.57. The summed E-state index contributed by atoms with van der Waals surface area (Å²) in [7, 11) is -4.57. The summed E-state index contributed by atoms with van der Waals surface area (Å²) in [4.78, 5) is 11.8. The van der Waals surface area contributed by atoms with Gasteiger partial charge < -0.3 is 4.74 Å². The molecule has 0 radical (unpaired) electrons. The van der Waals surface area contributed by atoms with Crippen LogP contribution in [0.2, 0.25) is 5.02 Å². The molecule has 9 heteroatoms. The van der Waals surface area contributed by atoms with E-state index in [4.69, 9.17) is 16.3 Å². The Labute approximate surface area is 161 Å². The van der Waals surface area contributed by atoms with Gasteiger partial charge in [0.15, 0.2) is 0 Å². The number of carbonyl (C=O) groups is 1. The van der Waals surface area contributed by atoms with E-state index in [0.717, 1.165) is 12.1 Å². The zero-order chi connectivity index (χ0) is 20.2. The molecule has 144 valence electrons. The normalized spacial score (nSPS) is 12.6. The van der Waals surface area contributed by atoms with Crippen LogP contribution in [0.25, 0.3) is 0 Å². The van der Waals surface area contributed by atoms with Crippen LogP contribution in [0.5, 0.6) is 0 Å². The van der Waals surface area contributed by atoms with E-state index in [1.54, 1.807) is 32.9 Å². The molecule has 2 aromatic rings. The summed E-state index contributed by atoms with van der Waals surface area (Å²) in [5, 5.41) is 3.20. The topological polar surface area (TPSA) is 84.8 Å². The van der Waals surface area contributed by atoms with Gasteiger partial charge in [-0.1, -0.05) is 23.7 Å². The SMILES string of the molecule is CC(C)(C)OC(=O)/C(=N\Nc1ccc(Cl)cc1)S(=O)(=O)c1ccccc1F. The zero-order valence-electron chi connectivity index (χ0n) is 14.9. The number of benzene rings is 2. The highest BCUT2D eigenvalue weighted by atomic mass is 35.5. The van der Waals surface area contributed by atoms with Crippen LogP contribution in [-0.2, 0) is 19.4 Å². The van der Waals surface area contributed by atoms with Crippen molar-refractivity contribution in [1.29, 1.82) is 0 Å². The van der Waals surface area contributed by atoms with Crippen LogP contribution in [0, 0.1) is 5.82 Å². The van der Waals surface area contributed by atoms with Crippen LogP contribution in [0.1, 0.15) is 20.8 Å². The molecular formula is C18H18ClFN2O4S. The fourth-order valence-corrected chi connectivity index (χ4v) is 3.29. The van der Waals surface area contributed by atoms with Crippen LogP contribution in [0.4, 0.5) is 10.1 Å². The number of rotatable bonds is 3. The quantitative estimate of drug-likeness (QED) is 0.356. The van der Waals surface area contributed by atoms with Crippen molar-refractivity contribution < 1.29 is 22.3 Å². The first-order chi connectivity index (χ1) is 12.5. The van der Waals surface area contributed by atoms with Gasteiger partial charge in [-0.25, -0.2) is 17.6 Å². The Kier molecular flexibility index (Phi) is 6.22. The van der Waals surface area contributed by atoms with Crippen LogP contribution >= 0.6 is 11.6 Å². The summed E-state index contributed by atoms with van der Waals surface area (Å²) in [6.45, 7) is 4.72. The number of halogens is 2. The van der Waals surface area contributed by atoms with Gasteiger partial charge >= 0.3 is 5.97 Å². The fraction of sp³-hybridized carbons (Fsp3) is 0.222. The summed E-state index contributed by atoms with van der Waals surface area (Å²) in [6.07, 6.45) is 0. The van der Waals surface area contributed by atoms with Gasteiger partial charge in [-0.2, -0.15) is 5.10 Å². The molecule has 0 spiro atoms. The molecule has 6 nitrogen and oxygen atoms in total. The smallest absolute Gasteiger partial charge is 0.371 e. The number of esters is 1. The Morgan fingerprint density at radius 1 is 1.11 bits per heavy atom. The van der Waals surface area contributed by atoms with Crippen molar-refractivity contribution in [2.45, 2.75) is 31.3 Å². The Balaban J connectivity index is 2.49. The molecule has 0 heterocycles. The van der Waals surface area contributed by atoms with Gasteiger partial charge in [0.1, 0.15) is 16.3 Å². The average molecular weight is 413 g/mol. The second-order valence-electron chi connectivity index (χ2n) is 6.47. The summed E-state index contributed by atoms with van der Waals surface area (Å²) >= 11 is 5.79. The summed E-state index contributed by atoms with van der Waals surface area (Å²) in [5.74, 6) is -2.20. The number of hydrogen-bond acceptors (Lipinski definition) is 6. The maximum absolute atomic E-state index is 14.0. The lowest BCUT2D eigenvalue weighted by molar-refractivity contribution is -0.145. The monoisotopic (exact) mass is 412 g/mol. The highest BCUT2D eigenvalue weighted by Crippen LogP contribution is 2.20. The van der Waals surface area contributed by atoms with Gasteiger partial charge in [0, 0.05) is 5.02 Å². The maximum atomic E-state index is 14.0. The van der Waals surface area contributed by atoms with Gasteiger partial charge in [0.25, 0.3) is 5.04 Å². The van der Waals surface area contributed by atoms with E-state index in [-0.39, 0.29) is 0 Å². The third kappa shape index (κ3) is 5.51. The Morgan fingerprint density at radius 2 is 1.70 bits per heavy atom. The van der Waals surface area contributed by atoms with Crippen molar-refractivity contribution in [1.82, 2.24) is 0 Å². The molecule has 0 aliphatic carbocycles. The van der Waals surface area contributed by atoms with Crippen LogP contribution in [0.3, 0.4) is 0 Å². The number of sulfone groups is 1. The molecule has 27 heavy (non-hydrogen) atoms. The molecule has 0 aliphatic rings. The van der Waals surface area contributed by atoms with E-state index in [0.29, 0.717) is 10.7 Å². The lowest BCUT2D eigenvalue weighted by atomic mass is 10.2. The van der Waals surface area contributed by atoms with Crippen molar-refractivity contribution in [3.05, 3.63) is 59.4 Å². The molecular weight excluding hydrogens is 395 g/mol. The Hall–Kier alpha value is -2.45. The van der Waals surface area contributed by atoms with Crippen LogP contribution in [-0.4, -0.2) is 25.0 Å². The molecule has 0 fully saturated rings. The highest BCUT2D eigenvalue weighted by molar-refractivity contribution is 8.08. The Morgan fingerprint density at radius 3 is 2.26 bits per heavy atom. The fourth-order valence-electron chi connectivity index (χ4n) is 1.94. The first-order valence-electron chi connectivity index (χ1n) is 7.83. The third-order valence-electron chi connectivity index (χ3n) is 3.08. The number of anilines is 1. The summed E-state index contributed by atoms with van der Waals surface area (Å²) < 4.78 is 44.8. The number of nitrogens with zero attached hydrogens (tertiary/aromatic N) is 1. The van der Waals surface area contributed by atoms with Crippen LogP contribution < -0.4 is 5.43 Å². The van der Waals surface area contributed by atoms with Gasteiger partial charge in [0.2, 0.25) is 9.84 Å². The Bertz CT molecular complexity index is 968. The molecule has 0 aliphatic heterocycles. The first kappa shape index (κ1) is 20.9. The van der Waals surface area contributed by atoms with E-state index >= 15 is 0 Å². The second-order valence-corrected chi connectivity index (χ2v) is 8.74. The average Bonchev–Trinajstić information content (AvgIpc) is 2.55. The molecule has 2 rings (SSSR count). The van der Waals surface area contributed by atoms with E-state index in [9.17, 15) is 17.6 Å². The van der Waals surface area contributed by atoms with E-state index in [2.05, 4.69) is 10.5 Å². The molecule has 0 saturated heterocycles. The van der Waals surface area contributed by atoms with Crippen molar-refractivity contribution in [3.63, 3.8) is 0 Å². The number of hydrogen-bond donors (Lipinski definition) is 1. The summed E-state index contributed by atoms with van der Waals surface area (Å²) in [6, 6.07) is 10.9. The maximum Gasteiger partial charge on any atom is 0.371 e. The van der Waals surface area contributed by atoms with E-state index in [1.807, 2.05) is 0 Å². The van der Waals surface area contributed by atoms with Crippen LogP contribution in [0.15, 0.2) is 58.5 Å². The van der Waals surface area contributed by atoms with Crippen molar-refractivity contribution in [2.75, 3.05) is 5.43 Å². The zero-order valence-corrected chi connectivity index (χ0v) is 16.4. The van der Waals surface area contributed by atoms with Gasteiger partial charge in [-0.05, 0) is 57.2 Å². The molecule has 0 aromatic heterocycles. The summed E-state index contributed by atoms with van der Waals surface area (Å²) in [5.41, 5.74) is 1.87. The molecule has 0 atom stereocenters. The third-order valence-corrected chi connectivity index (χ3v) is 5.01. The molecule has 0 unspecified atom stereocenters. The van der Waals surface area contributed by atoms with Gasteiger partial charge in [-0.3, -0.25) is 5.43 Å². The molecule has 0 bridgehead atoms. The van der Waals surface area contributed by atoms with Crippen molar-refractivity contribution >= 4 is 38.1 Å². The first-order valence-corrected chi connectivity index (χ1v) is 9.69. The van der Waals surface area contributed by atoms with Gasteiger partial charge in [0.05, 0.1) is 5.69 Å². The predicted octanol–water partition coefficient (Wildman–Crippen LogP) is 4.02. The molecule has 0 amide bonds. The standard InChI is InChI=1S/C18H18ClFN2O4S/c1-18(2,3)26-17(23)16(22-21-13-10-8-12(19)9-11-13)27(24,25)15-7-5-4-6-14(15)20/h4-11,21H,1-3H3/b22-16+. The number of ether oxygens (including phenoxy) is 1. The lowest BCUT2D eigenvalue weighted by Crippen LogP contribution is -2.34. The largest absolute Gasteiger partial charge is 0.455 e. The minimum absolute atomic E-state index is 0.379. The second kappa shape index (κ2) is 8.06. The number of carbonyl (C=O) groups excluding carboxylic acids is 1. The van der Waals surface area contributed by atoms with E-state index in [1.165, 1.54) is 24.3 Å². The van der Waals surface area contributed by atoms with Crippen molar-refractivity contribution in [2.24, 2.45) is 5.10 Å². The number of nitrogens with one attached hydrogen (secondary N) is 1.